The lowest BCUT2D eigenvalue weighted by Gasteiger charge is -2.34. The van der Waals surface area contributed by atoms with Gasteiger partial charge in [-0.05, 0) is 37.6 Å². The first kappa shape index (κ1) is 14.5. The maximum atomic E-state index is 10.3. The topological polar surface area (TPSA) is 49.3 Å². The number of unbranched alkanes of at least 4 members (excludes halogenated alkanes) is 2. The number of carbonyl (C=O) groups is 1. The summed E-state index contributed by atoms with van der Waals surface area (Å²) in [5.41, 5.74) is 0. The van der Waals surface area contributed by atoms with Crippen LogP contribution in [0.3, 0.4) is 0 Å². The zero-order chi connectivity index (χ0) is 12.7. The molecule has 2 N–H and O–H groups in total. The molecule has 1 saturated carbocycles. The maximum Gasteiger partial charge on any atom is 0.303 e. The van der Waals surface area contributed by atoms with Crippen molar-refractivity contribution in [2.45, 2.75) is 64.8 Å². The van der Waals surface area contributed by atoms with Crippen LogP contribution in [-0.4, -0.2) is 23.7 Å². The molecule has 1 fully saturated rings. The summed E-state index contributed by atoms with van der Waals surface area (Å²) >= 11 is 0. The molecule has 0 aliphatic heterocycles. The van der Waals surface area contributed by atoms with Crippen LogP contribution in [0.5, 0.6) is 0 Å². The van der Waals surface area contributed by atoms with E-state index in [1.54, 1.807) is 0 Å². The van der Waals surface area contributed by atoms with Crippen LogP contribution in [0.25, 0.3) is 0 Å². The summed E-state index contributed by atoms with van der Waals surface area (Å²) in [5, 5.41) is 12.2. The molecule has 3 heteroatoms. The number of carboxylic acids is 1. The van der Waals surface area contributed by atoms with Crippen LogP contribution in [-0.2, 0) is 4.79 Å². The molecule has 3 unspecified atom stereocenters. The van der Waals surface area contributed by atoms with Gasteiger partial charge in [-0.1, -0.05) is 33.1 Å². The minimum atomic E-state index is -0.673. The van der Waals surface area contributed by atoms with Gasteiger partial charge in [0.2, 0.25) is 0 Å². The summed E-state index contributed by atoms with van der Waals surface area (Å²) in [6, 6.07) is 0.679. The van der Waals surface area contributed by atoms with Gasteiger partial charge in [0.05, 0.1) is 0 Å². The molecule has 3 nitrogen and oxygen atoms in total. The lowest BCUT2D eigenvalue weighted by atomic mass is 9.78. The van der Waals surface area contributed by atoms with E-state index in [1.807, 2.05) is 0 Å². The number of rotatable bonds is 7. The van der Waals surface area contributed by atoms with Crippen molar-refractivity contribution in [2.24, 2.45) is 11.8 Å². The zero-order valence-electron chi connectivity index (χ0n) is 11.2. The van der Waals surface area contributed by atoms with Gasteiger partial charge >= 0.3 is 5.97 Å². The number of nitrogens with one attached hydrogen (secondary N) is 1. The third-order valence-corrected chi connectivity index (χ3v) is 4.18. The summed E-state index contributed by atoms with van der Waals surface area (Å²) in [4.78, 5) is 10.3. The first-order chi connectivity index (χ1) is 8.11. The summed E-state index contributed by atoms with van der Waals surface area (Å²) in [6.45, 7) is 5.75. The standard InChI is InChI=1S/C14H27NO2/c1-11-7-6-8-13(12(11)2)15-10-5-3-4-9-14(16)17/h11-13,15H,3-10H2,1-2H3,(H,16,17). The molecule has 0 bridgehead atoms. The number of aliphatic carboxylic acids is 1. The van der Waals surface area contributed by atoms with E-state index in [0.29, 0.717) is 12.5 Å². The monoisotopic (exact) mass is 241 g/mol. The molecule has 0 aromatic heterocycles. The van der Waals surface area contributed by atoms with Crippen LogP contribution in [0.2, 0.25) is 0 Å². The fraction of sp³-hybridized carbons (Fsp3) is 0.929. The van der Waals surface area contributed by atoms with Gasteiger partial charge in [0.25, 0.3) is 0 Å². The van der Waals surface area contributed by atoms with Crippen molar-refractivity contribution >= 4 is 5.97 Å². The van der Waals surface area contributed by atoms with Gasteiger partial charge in [-0.25, -0.2) is 0 Å². The average Bonchev–Trinajstić information content (AvgIpc) is 2.28. The number of carboxylic acid groups (broad SMARTS) is 1. The average molecular weight is 241 g/mol. The third-order valence-electron chi connectivity index (χ3n) is 4.18. The maximum absolute atomic E-state index is 10.3. The highest BCUT2D eigenvalue weighted by molar-refractivity contribution is 5.66. The molecular weight excluding hydrogens is 214 g/mol. The molecule has 17 heavy (non-hydrogen) atoms. The van der Waals surface area contributed by atoms with Crippen molar-refractivity contribution in [1.82, 2.24) is 5.32 Å². The molecule has 1 aliphatic rings. The van der Waals surface area contributed by atoms with E-state index in [0.717, 1.165) is 37.6 Å². The fourth-order valence-corrected chi connectivity index (χ4v) is 2.74. The van der Waals surface area contributed by atoms with E-state index >= 15 is 0 Å². The predicted octanol–water partition coefficient (Wildman–Crippen LogP) is 3.05. The Hall–Kier alpha value is -0.570. The second-order valence-electron chi connectivity index (χ2n) is 5.53. The van der Waals surface area contributed by atoms with Crippen LogP contribution in [0.4, 0.5) is 0 Å². The lowest BCUT2D eigenvalue weighted by molar-refractivity contribution is -0.137. The first-order valence-electron chi connectivity index (χ1n) is 7.06. The van der Waals surface area contributed by atoms with Gasteiger partial charge in [-0.3, -0.25) is 4.79 Å². The van der Waals surface area contributed by atoms with Crippen molar-refractivity contribution in [1.29, 1.82) is 0 Å². The normalized spacial score (nSPS) is 29.2. The third kappa shape index (κ3) is 5.53. The Morgan fingerprint density at radius 1 is 1.24 bits per heavy atom. The fourth-order valence-electron chi connectivity index (χ4n) is 2.74. The smallest absolute Gasteiger partial charge is 0.303 e. The van der Waals surface area contributed by atoms with Gasteiger partial charge in [-0.15, -0.1) is 0 Å². The zero-order valence-corrected chi connectivity index (χ0v) is 11.2. The van der Waals surface area contributed by atoms with E-state index in [1.165, 1.54) is 19.3 Å². The Balaban J connectivity index is 2.03. The van der Waals surface area contributed by atoms with Crippen molar-refractivity contribution in [2.75, 3.05) is 6.54 Å². The molecular formula is C14H27NO2. The molecule has 1 rings (SSSR count). The predicted molar refractivity (Wildman–Crippen MR) is 70.1 cm³/mol. The Kier molecular flexibility index (Phi) is 6.56. The van der Waals surface area contributed by atoms with E-state index in [4.69, 9.17) is 5.11 Å². The molecule has 3 atom stereocenters. The highest BCUT2D eigenvalue weighted by Gasteiger charge is 2.26. The minimum absolute atomic E-state index is 0.316. The van der Waals surface area contributed by atoms with Gasteiger partial charge in [-0.2, -0.15) is 0 Å². The summed E-state index contributed by atoms with van der Waals surface area (Å²) in [7, 11) is 0. The van der Waals surface area contributed by atoms with Crippen molar-refractivity contribution in [3.63, 3.8) is 0 Å². The summed E-state index contributed by atoms with van der Waals surface area (Å²) in [6.07, 6.45) is 7.28. The van der Waals surface area contributed by atoms with Crippen molar-refractivity contribution in [3.05, 3.63) is 0 Å². The molecule has 0 radical (unpaired) electrons. The second kappa shape index (κ2) is 7.70. The van der Waals surface area contributed by atoms with E-state index in [2.05, 4.69) is 19.2 Å². The number of hydrogen-bond acceptors (Lipinski definition) is 2. The number of hydrogen-bond donors (Lipinski definition) is 2. The highest BCUT2D eigenvalue weighted by Crippen LogP contribution is 2.29. The van der Waals surface area contributed by atoms with Crippen LogP contribution < -0.4 is 5.32 Å². The van der Waals surface area contributed by atoms with Gasteiger partial charge in [0, 0.05) is 12.5 Å². The Bertz CT molecular complexity index is 230. The SMILES string of the molecule is CC1CCCC(NCCCCCC(=O)O)C1C. The lowest BCUT2D eigenvalue weighted by Crippen LogP contribution is -2.40. The summed E-state index contributed by atoms with van der Waals surface area (Å²) < 4.78 is 0. The Labute approximate surface area is 105 Å². The van der Waals surface area contributed by atoms with Gasteiger partial charge < -0.3 is 10.4 Å². The van der Waals surface area contributed by atoms with Crippen LogP contribution in [0.15, 0.2) is 0 Å². The first-order valence-corrected chi connectivity index (χ1v) is 7.06. The van der Waals surface area contributed by atoms with Gasteiger partial charge in [0.15, 0.2) is 0 Å². The van der Waals surface area contributed by atoms with Crippen molar-refractivity contribution in [3.8, 4) is 0 Å². The molecule has 100 valence electrons. The molecule has 0 saturated heterocycles. The highest BCUT2D eigenvalue weighted by atomic mass is 16.4. The minimum Gasteiger partial charge on any atom is -0.481 e. The quantitative estimate of drug-likeness (QED) is 0.674. The Morgan fingerprint density at radius 3 is 2.71 bits per heavy atom. The Morgan fingerprint density at radius 2 is 2.00 bits per heavy atom. The second-order valence-corrected chi connectivity index (χ2v) is 5.53. The van der Waals surface area contributed by atoms with E-state index in [9.17, 15) is 4.79 Å². The van der Waals surface area contributed by atoms with Crippen LogP contribution >= 0.6 is 0 Å². The van der Waals surface area contributed by atoms with Crippen molar-refractivity contribution < 1.29 is 9.90 Å². The molecule has 1 aliphatic carbocycles. The molecule has 0 aromatic rings. The van der Waals surface area contributed by atoms with Crippen LogP contribution in [0.1, 0.15) is 58.8 Å². The largest absolute Gasteiger partial charge is 0.481 e. The van der Waals surface area contributed by atoms with Crippen LogP contribution in [0, 0.1) is 11.8 Å². The molecule has 0 spiro atoms. The molecule has 0 heterocycles. The summed E-state index contributed by atoms with van der Waals surface area (Å²) in [5.74, 6) is 0.948. The van der Waals surface area contributed by atoms with E-state index < -0.39 is 5.97 Å². The molecule has 0 aromatic carbocycles. The van der Waals surface area contributed by atoms with Gasteiger partial charge in [0.1, 0.15) is 0 Å². The van der Waals surface area contributed by atoms with E-state index in [-0.39, 0.29) is 0 Å². The molecule has 0 amide bonds.